The molecular weight excluding hydrogens is 284 g/mol. The second-order valence-corrected chi connectivity index (χ2v) is 4.13. The molecule has 3 nitrogen and oxygen atoms in total. The van der Waals surface area contributed by atoms with Crippen LogP contribution in [0.15, 0.2) is 18.2 Å². The highest BCUT2D eigenvalue weighted by Gasteiger charge is 2.09. The van der Waals surface area contributed by atoms with E-state index in [0.29, 0.717) is 17.1 Å². The normalized spacial score (nSPS) is 10.5. The van der Waals surface area contributed by atoms with E-state index in [1.54, 1.807) is 26.4 Å². The predicted octanol–water partition coefficient (Wildman–Crippen LogP) is 3.31. The SMILES string of the molecule is COc1cc(C=O)cc(OC)c1C=CCCBr. The lowest BCUT2D eigenvalue weighted by Gasteiger charge is -2.11. The highest BCUT2D eigenvalue weighted by molar-refractivity contribution is 9.09. The van der Waals surface area contributed by atoms with Gasteiger partial charge in [0.25, 0.3) is 0 Å². The van der Waals surface area contributed by atoms with Crippen LogP contribution in [0.5, 0.6) is 11.5 Å². The van der Waals surface area contributed by atoms with E-state index in [0.717, 1.165) is 23.6 Å². The first-order valence-electron chi connectivity index (χ1n) is 5.20. The van der Waals surface area contributed by atoms with Crippen molar-refractivity contribution in [3.05, 3.63) is 29.3 Å². The maximum atomic E-state index is 10.8. The zero-order valence-corrected chi connectivity index (χ0v) is 11.5. The average molecular weight is 299 g/mol. The number of carbonyl (C=O) groups is 1. The van der Waals surface area contributed by atoms with Crippen molar-refractivity contribution in [1.82, 2.24) is 0 Å². The minimum absolute atomic E-state index is 0.538. The predicted molar refractivity (Wildman–Crippen MR) is 72.4 cm³/mol. The summed E-state index contributed by atoms with van der Waals surface area (Å²) in [4.78, 5) is 10.8. The Hall–Kier alpha value is -1.29. The molecule has 0 aliphatic carbocycles. The third kappa shape index (κ3) is 3.60. The number of hydrogen-bond donors (Lipinski definition) is 0. The van der Waals surface area contributed by atoms with E-state index in [4.69, 9.17) is 9.47 Å². The molecule has 0 saturated carbocycles. The molecular formula is C13H15BrO3. The van der Waals surface area contributed by atoms with Crippen LogP contribution in [0.4, 0.5) is 0 Å². The van der Waals surface area contributed by atoms with Crippen LogP contribution in [0.25, 0.3) is 6.08 Å². The number of hydrogen-bond acceptors (Lipinski definition) is 3. The number of halogens is 1. The Kier molecular flexibility index (Phi) is 5.77. The molecule has 1 rings (SSSR count). The van der Waals surface area contributed by atoms with E-state index in [1.807, 2.05) is 12.2 Å². The molecule has 0 saturated heterocycles. The molecule has 0 amide bonds. The molecule has 0 fully saturated rings. The lowest BCUT2D eigenvalue weighted by atomic mass is 10.1. The molecule has 17 heavy (non-hydrogen) atoms. The van der Waals surface area contributed by atoms with Crippen molar-refractivity contribution in [2.24, 2.45) is 0 Å². The van der Waals surface area contributed by atoms with Gasteiger partial charge in [-0.25, -0.2) is 0 Å². The van der Waals surface area contributed by atoms with Crippen LogP contribution in [0.3, 0.4) is 0 Å². The van der Waals surface area contributed by atoms with E-state index in [1.165, 1.54) is 0 Å². The van der Waals surface area contributed by atoms with Crippen molar-refractivity contribution in [3.8, 4) is 11.5 Å². The third-order valence-corrected chi connectivity index (χ3v) is 2.72. The first kappa shape index (κ1) is 13.8. The van der Waals surface area contributed by atoms with Gasteiger partial charge in [0, 0.05) is 10.9 Å². The van der Waals surface area contributed by atoms with Crippen molar-refractivity contribution >= 4 is 28.3 Å². The quantitative estimate of drug-likeness (QED) is 0.597. The topological polar surface area (TPSA) is 35.5 Å². The summed E-state index contributed by atoms with van der Waals surface area (Å²) in [5.41, 5.74) is 1.39. The molecule has 0 aliphatic heterocycles. The van der Waals surface area contributed by atoms with Crippen LogP contribution in [0.2, 0.25) is 0 Å². The summed E-state index contributed by atoms with van der Waals surface area (Å²) >= 11 is 3.36. The Morgan fingerprint density at radius 1 is 1.24 bits per heavy atom. The smallest absolute Gasteiger partial charge is 0.150 e. The minimum Gasteiger partial charge on any atom is -0.496 e. The average Bonchev–Trinajstić information content (AvgIpc) is 2.38. The number of aldehydes is 1. The van der Waals surface area contributed by atoms with Gasteiger partial charge in [0.2, 0.25) is 0 Å². The van der Waals surface area contributed by atoms with Gasteiger partial charge in [-0.05, 0) is 18.6 Å². The lowest BCUT2D eigenvalue weighted by molar-refractivity contribution is 0.112. The molecule has 0 atom stereocenters. The molecule has 92 valence electrons. The number of methoxy groups -OCH3 is 2. The molecule has 1 aromatic carbocycles. The van der Waals surface area contributed by atoms with Gasteiger partial charge in [0.1, 0.15) is 17.8 Å². The van der Waals surface area contributed by atoms with Gasteiger partial charge < -0.3 is 9.47 Å². The number of alkyl halides is 1. The van der Waals surface area contributed by atoms with E-state index in [2.05, 4.69) is 15.9 Å². The molecule has 0 spiro atoms. The van der Waals surface area contributed by atoms with Crippen molar-refractivity contribution in [3.63, 3.8) is 0 Å². The molecule has 0 bridgehead atoms. The van der Waals surface area contributed by atoms with Gasteiger partial charge in [0.15, 0.2) is 0 Å². The Morgan fingerprint density at radius 2 is 1.82 bits per heavy atom. The zero-order chi connectivity index (χ0) is 12.7. The van der Waals surface area contributed by atoms with Gasteiger partial charge in [-0.15, -0.1) is 0 Å². The van der Waals surface area contributed by atoms with Gasteiger partial charge in [-0.2, -0.15) is 0 Å². The van der Waals surface area contributed by atoms with Crippen LogP contribution in [-0.2, 0) is 0 Å². The van der Waals surface area contributed by atoms with Gasteiger partial charge >= 0.3 is 0 Å². The fourth-order valence-corrected chi connectivity index (χ4v) is 1.72. The van der Waals surface area contributed by atoms with Crippen molar-refractivity contribution in [2.45, 2.75) is 6.42 Å². The zero-order valence-electron chi connectivity index (χ0n) is 9.90. The molecule has 0 aliphatic rings. The Bertz CT molecular complexity index is 388. The first-order valence-corrected chi connectivity index (χ1v) is 6.32. The maximum absolute atomic E-state index is 10.8. The van der Waals surface area contributed by atoms with Crippen molar-refractivity contribution in [1.29, 1.82) is 0 Å². The summed E-state index contributed by atoms with van der Waals surface area (Å²) in [5, 5.41) is 0.903. The van der Waals surface area contributed by atoms with Crippen LogP contribution in [-0.4, -0.2) is 25.8 Å². The minimum atomic E-state index is 0.538. The van der Waals surface area contributed by atoms with Crippen LogP contribution < -0.4 is 9.47 Å². The standard InChI is InChI=1S/C13H15BrO3/c1-16-12-7-10(9-15)8-13(17-2)11(12)5-3-4-6-14/h3,5,7-9H,4,6H2,1-2H3. The highest BCUT2D eigenvalue weighted by Crippen LogP contribution is 2.31. The summed E-state index contributed by atoms with van der Waals surface area (Å²) in [6, 6.07) is 3.40. The molecule has 4 heteroatoms. The third-order valence-electron chi connectivity index (χ3n) is 2.26. The Morgan fingerprint density at radius 3 is 2.24 bits per heavy atom. The van der Waals surface area contributed by atoms with E-state index in [-0.39, 0.29) is 0 Å². The molecule has 0 radical (unpaired) electrons. The number of allylic oxidation sites excluding steroid dienone is 1. The summed E-state index contributed by atoms with van der Waals surface area (Å²) in [7, 11) is 3.15. The second-order valence-electron chi connectivity index (χ2n) is 3.34. The van der Waals surface area contributed by atoms with E-state index < -0.39 is 0 Å². The number of carbonyl (C=O) groups excluding carboxylic acids is 1. The number of rotatable bonds is 6. The number of ether oxygens (including phenoxy) is 2. The van der Waals surface area contributed by atoms with Crippen LogP contribution in [0.1, 0.15) is 22.3 Å². The van der Waals surface area contributed by atoms with Crippen LogP contribution in [0, 0.1) is 0 Å². The van der Waals surface area contributed by atoms with Crippen LogP contribution >= 0.6 is 15.9 Å². The summed E-state index contributed by atoms with van der Waals surface area (Å²) < 4.78 is 10.5. The van der Waals surface area contributed by atoms with Gasteiger partial charge in [0.05, 0.1) is 19.8 Å². The van der Waals surface area contributed by atoms with E-state index >= 15 is 0 Å². The van der Waals surface area contributed by atoms with Crippen molar-refractivity contribution < 1.29 is 14.3 Å². The largest absolute Gasteiger partial charge is 0.496 e. The Labute approximate surface area is 110 Å². The highest BCUT2D eigenvalue weighted by atomic mass is 79.9. The van der Waals surface area contributed by atoms with Crippen molar-refractivity contribution in [2.75, 3.05) is 19.5 Å². The Balaban J connectivity index is 3.19. The molecule has 1 aromatic rings. The molecule has 0 N–H and O–H groups in total. The van der Waals surface area contributed by atoms with Gasteiger partial charge in [-0.1, -0.05) is 28.1 Å². The lowest BCUT2D eigenvalue weighted by Crippen LogP contribution is -1.95. The fourth-order valence-electron chi connectivity index (χ4n) is 1.46. The summed E-state index contributed by atoms with van der Waals surface area (Å²) in [5.74, 6) is 1.27. The molecule has 0 unspecified atom stereocenters. The fraction of sp³-hybridized carbons (Fsp3) is 0.308. The molecule has 0 heterocycles. The monoisotopic (exact) mass is 298 g/mol. The first-order chi connectivity index (χ1) is 8.26. The second kappa shape index (κ2) is 7.12. The number of benzene rings is 1. The molecule has 0 aromatic heterocycles. The summed E-state index contributed by atoms with van der Waals surface area (Å²) in [6.45, 7) is 0. The summed E-state index contributed by atoms with van der Waals surface area (Å²) in [6.07, 6.45) is 5.65. The maximum Gasteiger partial charge on any atom is 0.150 e. The van der Waals surface area contributed by atoms with Gasteiger partial charge in [-0.3, -0.25) is 4.79 Å². The van der Waals surface area contributed by atoms with E-state index in [9.17, 15) is 4.79 Å².